The maximum absolute atomic E-state index is 11.4. The topological polar surface area (TPSA) is 42.2 Å². The van der Waals surface area contributed by atoms with E-state index < -0.39 is 0 Å². The Morgan fingerprint density at radius 3 is 2.08 bits per heavy atom. The van der Waals surface area contributed by atoms with Gasteiger partial charge in [-0.1, -0.05) is 0 Å². The van der Waals surface area contributed by atoms with Crippen LogP contribution in [0.1, 0.15) is 16.7 Å². The number of aromatic hydroxyl groups is 1. The Kier molecular flexibility index (Phi) is 1.96. The summed E-state index contributed by atoms with van der Waals surface area (Å²) < 4.78 is 1.26. The third-order valence-electron chi connectivity index (χ3n) is 2.40. The maximum atomic E-state index is 11.4. The number of rotatable bonds is 0. The van der Waals surface area contributed by atoms with Crippen LogP contribution in [-0.4, -0.2) is 9.67 Å². The van der Waals surface area contributed by atoms with Crippen LogP contribution in [0.5, 0.6) is 5.88 Å². The largest absolute Gasteiger partial charge is 0.494 e. The minimum absolute atomic E-state index is 0.0584. The van der Waals surface area contributed by atoms with Crippen molar-refractivity contribution >= 4 is 0 Å². The standard InChI is InChI=1S/C9H13NO2/c1-5-6(2)8(11)10(4)9(12)7(5)3/h11H,1-4H3. The van der Waals surface area contributed by atoms with Gasteiger partial charge in [0, 0.05) is 18.2 Å². The molecule has 3 heteroatoms. The SMILES string of the molecule is Cc1c(C)c(O)n(C)c(=O)c1C. The van der Waals surface area contributed by atoms with Crippen molar-refractivity contribution in [2.24, 2.45) is 7.05 Å². The quantitative estimate of drug-likeness (QED) is 0.626. The first-order chi connectivity index (χ1) is 5.46. The smallest absolute Gasteiger partial charge is 0.256 e. The molecule has 0 unspecified atom stereocenters. The van der Waals surface area contributed by atoms with Crippen LogP contribution in [0.2, 0.25) is 0 Å². The fraction of sp³-hybridized carbons (Fsp3) is 0.444. The second-order valence-electron chi connectivity index (χ2n) is 3.06. The van der Waals surface area contributed by atoms with Gasteiger partial charge in [-0.3, -0.25) is 9.36 Å². The molecule has 0 bridgehead atoms. The van der Waals surface area contributed by atoms with Crippen molar-refractivity contribution in [3.05, 3.63) is 27.0 Å². The van der Waals surface area contributed by atoms with Crippen LogP contribution in [-0.2, 0) is 7.05 Å². The predicted octanol–water partition coefficient (Wildman–Crippen LogP) is 1.02. The molecule has 1 rings (SSSR count). The summed E-state index contributed by atoms with van der Waals surface area (Å²) in [7, 11) is 1.57. The van der Waals surface area contributed by atoms with Gasteiger partial charge >= 0.3 is 0 Å². The Morgan fingerprint density at radius 1 is 1.08 bits per heavy atom. The molecule has 0 fully saturated rings. The number of pyridine rings is 1. The maximum Gasteiger partial charge on any atom is 0.256 e. The Balaban J connectivity index is 3.73. The third kappa shape index (κ3) is 1.02. The highest BCUT2D eigenvalue weighted by Crippen LogP contribution is 2.18. The highest BCUT2D eigenvalue weighted by atomic mass is 16.3. The van der Waals surface area contributed by atoms with Crippen molar-refractivity contribution in [3.63, 3.8) is 0 Å². The van der Waals surface area contributed by atoms with E-state index in [0.29, 0.717) is 5.56 Å². The van der Waals surface area contributed by atoms with Gasteiger partial charge in [-0.25, -0.2) is 0 Å². The molecule has 1 N–H and O–H groups in total. The fourth-order valence-electron chi connectivity index (χ4n) is 1.21. The molecule has 0 aromatic carbocycles. The van der Waals surface area contributed by atoms with Gasteiger partial charge < -0.3 is 5.11 Å². The summed E-state index contributed by atoms with van der Waals surface area (Å²) in [6, 6.07) is 0. The van der Waals surface area contributed by atoms with Gasteiger partial charge in [0.05, 0.1) is 0 Å². The Hall–Kier alpha value is -1.25. The molecule has 0 aliphatic rings. The molecule has 1 heterocycles. The van der Waals surface area contributed by atoms with Gasteiger partial charge in [-0.15, -0.1) is 0 Å². The lowest BCUT2D eigenvalue weighted by molar-refractivity contribution is 0.417. The van der Waals surface area contributed by atoms with Crippen LogP contribution in [0.3, 0.4) is 0 Å². The number of hydrogen-bond donors (Lipinski definition) is 1. The zero-order valence-electron chi connectivity index (χ0n) is 7.80. The van der Waals surface area contributed by atoms with Gasteiger partial charge in [-0.05, 0) is 26.3 Å². The Bertz CT molecular complexity index is 345. The summed E-state index contributed by atoms with van der Waals surface area (Å²) in [4.78, 5) is 11.4. The molecule has 66 valence electrons. The Labute approximate surface area is 71.3 Å². The van der Waals surface area contributed by atoms with Gasteiger partial charge in [0.25, 0.3) is 5.56 Å². The molecule has 12 heavy (non-hydrogen) atoms. The van der Waals surface area contributed by atoms with Crippen LogP contribution in [0.15, 0.2) is 4.79 Å². The van der Waals surface area contributed by atoms with Gasteiger partial charge in [0.2, 0.25) is 0 Å². The first-order valence-electron chi connectivity index (χ1n) is 3.82. The molecule has 0 aliphatic carbocycles. The molecule has 1 aromatic heterocycles. The van der Waals surface area contributed by atoms with E-state index in [1.165, 1.54) is 4.57 Å². The van der Waals surface area contributed by atoms with Gasteiger partial charge in [0.1, 0.15) is 0 Å². The van der Waals surface area contributed by atoms with E-state index >= 15 is 0 Å². The van der Waals surface area contributed by atoms with E-state index in [0.717, 1.165) is 11.1 Å². The van der Waals surface area contributed by atoms with Crippen molar-refractivity contribution in [2.45, 2.75) is 20.8 Å². The molecule has 0 atom stereocenters. The molecule has 0 radical (unpaired) electrons. The minimum Gasteiger partial charge on any atom is -0.494 e. The van der Waals surface area contributed by atoms with Crippen molar-refractivity contribution in [1.29, 1.82) is 0 Å². The second kappa shape index (κ2) is 2.66. The highest BCUT2D eigenvalue weighted by Gasteiger charge is 2.09. The van der Waals surface area contributed by atoms with Gasteiger partial charge in [0.15, 0.2) is 5.88 Å². The average molecular weight is 167 g/mol. The lowest BCUT2D eigenvalue weighted by Gasteiger charge is -2.10. The summed E-state index contributed by atoms with van der Waals surface area (Å²) in [5, 5.41) is 9.46. The molecule has 0 amide bonds. The van der Waals surface area contributed by atoms with E-state index in [1.807, 2.05) is 6.92 Å². The molecule has 1 aromatic rings. The molecule has 0 saturated heterocycles. The Morgan fingerprint density at radius 2 is 1.58 bits per heavy atom. The zero-order chi connectivity index (χ0) is 9.46. The minimum atomic E-state index is -0.129. The summed E-state index contributed by atoms with van der Waals surface area (Å²) in [5.74, 6) is 0.0584. The second-order valence-corrected chi connectivity index (χ2v) is 3.06. The highest BCUT2D eigenvalue weighted by molar-refractivity contribution is 5.37. The van der Waals surface area contributed by atoms with Crippen molar-refractivity contribution in [1.82, 2.24) is 4.57 Å². The predicted molar refractivity (Wildman–Crippen MR) is 47.6 cm³/mol. The lowest BCUT2D eigenvalue weighted by Crippen LogP contribution is -2.21. The molecule has 0 aliphatic heterocycles. The van der Waals surface area contributed by atoms with E-state index in [4.69, 9.17) is 0 Å². The molecular weight excluding hydrogens is 154 g/mol. The van der Waals surface area contributed by atoms with Crippen LogP contribution >= 0.6 is 0 Å². The lowest BCUT2D eigenvalue weighted by atomic mass is 10.1. The van der Waals surface area contributed by atoms with E-state index in [9.17, 15) is 9.90 Å². The molecule has 3 nitrogen and oxygen atoms in total. The van der Waals surface area contributed by atoms with Crippen LogP contribution in [0, 0.1) is 20.8 Å². The van der Waals surface area contributed by atoms with Crippen LogP contribution < -0.4 is 5.56 Å². The van der Waals surface area contributed by atoms with Crippen molar-refractivity contribution in [3.8, 4) is 5.88 Å². The van der Waals surface area contributed by atoms with Crippen LogP contribution in [0.4, 0.5) is 0 Å². The van der Waals surface area contributed by atoms with Crippen LogP contribution in [0.25, 0.3) is 0 Å². The van der Waals surface area contributed by atoms with E-state index in [1.54, 1.807) is 20.9 Å². The summed E-state index contributed by atoms with van der Waals surface area (Å²) >= 11 is 0. The molecule has 0 saturated carbocycles. The van der Waals surface area contributed by atoms with Gasteiger partial charge in [-0.2, -0.15) is 0 Å². The molecule has 0 spiro atoms. The average Bonchev–Trinajstić information content (AvgIpc) is 2.08. The summed E-state index contributed by atoms with van der Waals surface area (Å²) in [6.45, 7) is 5.41. The van der Waals surface area contributed by atoms with E-state index in [2.05, 4.69) is 0 Å². The normalized spacial score (nSPS) is 10.3. The van der Waals surface area contributed by atoms with Crippen molar-refractivity contribution in [2.75, 3.05) is 0 Å². The fourth-order valence-corrected chi connectivity index (χ4v) is 1.21. The number of aromatic nitrogens is 1. The molecular formula is C9H13NO2. The number of hydrogen-bond acceptors (Lipinski definition) is 2. The third-order valence-corrected chi connectivity index (χ3v) is 2.40. The summed E-state index contributed by atoms with van der Waals surface area (Å²) in [6.07, 6.45) is 0. The first kappa shape index (κ1) is 8.84. The number of nitrogens with zero attached hydrogens (tertiary/aromatic N) is 1. The monoisotopic (exact) mass is 167 g/mol. The zero-order valence-corrected chi connectivity index (χ0v) is 7.80. The van der Waals surface area contributed by atoms with Crippen molar-refractivity contribution < 1.29 is 5.11 Å². The summed E-state index contributed by atoms with van der Waals surface area (Å²) in [5.41, 5.74) is 2.22. The first-order valence-corrected chi connectivity index (χ1v) is 3.82. The van der Waals surface area contributed by atoms with E-state index in [-0.39, 0.29) is 11.4 Å².